The van der Waals surface area contributed by atoms with Crippen molar-refractivity contribution in [1.29, 1.82) is 0 Å². The molecule has 1 saturated carbocycles. The summed E-state index contributed by atoms with van der Waals surface area (Å²) in [6.07, 6.45) is 1.56. The SMILES string of the molecule is O=C(NCc1ccccc1)[C@@H]1C[C@H]2CCN(C(=O)c3ccccc3)[C@]21CO. The van der Waals surface area contributed by atoms with Crippen molar-refractivity contribution >= 4 is 11.8 Å². The molecule has 2 aliphatic rings. The first kappa shape index (κ1) is 17.7. The van der Waals surface area contributed by atoms with Crippen LogP contribution in [0.1, 0.15) is 28.8 Å². The molecule has 0 unspecified atom stereocenters. The van der Waals surface area contributed by atoms with Gasteiger partial charge in [0.15, 0.2) is 0 Å². The number of rotatable bonds is 5. The van der Waals surface area contributed by atoms with Crippen LogP contribution in [0.4, 0.5) is 0 Å². The first-order valence-electron chi connectivity index (χ1n) is 9.46. The van der Waals surface area contributed by atoms with Gasteiger partial charge in [0.2, 0.25) is 5.91 Å². The third-order valence-electron chi connectivity index (χ3n) is 6.18. The van der Waals surface area contributed by atoms with E-state index in [-0.39, 0.29) is 30.3 Å². The lowest BCUT2D eigenvalue weighted by molar-refractivity contribution is -0.144. The molecule has 2 fully saturated rings. The second-order valence-corrected chi connectivity index (χ2v) is 7.45. The number of carbonyl (C=O) groups excluding carboxylic acids is 2. The van der Waals surface area contributed by atoms with Gasteiger partial charge in [-0.2, -0.15) is 0 Å². The molecule has 1 saturated heterocycles. The van der Waals surface area contributed by atoms with E-state index in [4.69, 9.17) is 0 Å². The summed E-state index contributed by atoms with van der Waals surface area (Å²) in [6.45, 7) is 0.857. The molecule has 5 heteroatoms. The van der Waals surface area contributed by atoms with Gasteiger partial charge in [0, 0.05) is 18.7 Å². The maximum atomic E-state index is 13.0. The number of aliphatic hydroxyl groups excluding tert-OH is 1. The van der Waals surface area contributed by atoms with E-state index in [9.17, 15) is 14.7 Å². The third-order valence-corrected chi connectivity index (χ3v) is 6.18. The molecule has 27 heavy (non-hydrogen) atoms. The zero-order valence-electron chi connectivity index (χ0n) is 15.2. The van der Waals surface area contributed by atoms with Gasteiger partial charge in [-0.3, -0.25) is 9.59 Å². The van der Waals surface area contributed by atoms with Crippen LogP contribution in [-0.4, -0.2) is 40.5 Å². The summed E-state index contributed by atoms with van der Waals surface area (Å²) in [5.74, 6) is -0.376. The van der Waals surface area contributed by atoms with E-state index in [1.807, 2.05) is 48.5 Å². The van der Waals surface area contributed by atoms with Crippen LogP contribution in [0, 0.1) is 11.8 Å². The van der Waals surface area contributed by atoms with E-state index < -0.39 is 5.54 Å². The molecule has 0 bridgehead atoms. The predicted molar refractivity (Wildman–Crippen MR) is 102 cm³/mol. The molecule has 2 N–H and O–H groups in total. The molecule has 2 aromatic rings. The standard InChI is InChI=1S/C22H24N2O3/c25-15-22-18(11-12-24(22)21(27)17-9-5-2-6-10-17)13-19(22)20(26)23-14-16-7-3-1-4-8-16/h1-10,18-19,25H,11-15H2,(H,23,26)/t18-,19+,22-/m1/s1. The summed E-state index contributed by atoms with van der Waals surface area (Å²) in [5.41, 5.74) is 0.859. The van der Waals surface area contributed by atoms with Crippen molar-refractivity contribution in [3.8, 4) is 0 Å². The average Bonchev–Trinajstić information content (AvgIpc) is 2.99. The highest BCUT2D eigenvalue weighted by molar-refractivity contribution is 5.96. The quantitative estimate of drug-likeness (QED) is 0.855. The topological polar surface area (TPSA) is 69.6 Å². The lowest BCUT2D eigenvalue weighted by atomic mass is 9.58. The minimum Gasteiger partial charge on any atom is -0.394 e. The van der Waals surface area contributed by atoms with E-state index in [1.54, 1.807) is 17.0 Å². The number of benzene rings is 2. The molecule has 5 nitrogen and oxygen atoms in total. The number of carbonyl (C=O) groups is 2. The van der Waals surface area contributed by atoms with Crippen LogP contribution in [0.15, 0.2) is 60.7 Å². The highest BCUT2D eigenvalue weighted by atomic mass is 16.3. The number of fused-ring (bicyclic) bond motifs is 1. The van der Waals surface area contributed by atoms with Crippen molar-refractivity contribution < 1.29 is 14.7 Å². The zero-order chi connectivity index (χ0) is 18.9. The first-order chi connectivity index (χ1) is 13.2. The minimum atomic E-state index is -0.770. The van der Waals surface area contributed by atoms with Gasteiger partial charge in [0.25, 0.3) is 5.91 Å². The molecule has 4 rings (SSSR count). The molecule has 0 spiro atoms. The smallest absolute Gasteiger partial charge is 0.254 e. The molecule has 0 radical (unpaired) electrons. The summed E-state index contributed by atoms with van der Waals surface area (Å²) >= 11 is 0. The van der Waals surface area contributed by atoms with Crippen molar-refractivity contribution in [3.05, 3.63) is 71.8 Å². The second-order valence-electron chi connectivity index (χ2n) is 7.45. The van der Waals surface area contributed by atoms with E-state index in [0.29, 0.717) is 18.7 Å². The van der Waals surface area contributed by atoms with Gasteiger partial charge in [0.05, 0.1) is 18.1 Å². The van der Waals surface area contributed by atoms with Crippen LogP contribution >= 0.6 is 0 Å². The van der Waals surface area contributed by atoms with Crippen molar-refractivity contribution in [3.63, 3.8) is 0 Å². The normalized spacial score (nSPS) is 26.2. The summed E-state index contributed by atoms with van der Waals surface area (Å²) in [6, 6.07) is 18.8. The molecule has 2 amide bonds. The van der Waals surface area contributed by atoms with Crippen molar-refractivity contribution in [2.24, 2.45) is 11.8 Å². The van der Waals surface area contributed by atoms with Crippen LogP contribution in [0.3, 0.4) is 0 Å². The van der Waals surface area contributed by atoms with Crippen molar-refractivity contribution in [1.82, 2.24) is 10.2 Å². The molecule has 1 aliphatic carbocycles. The number of aliphatic hydroxyl groups is 1. The Kier molecular flexibility index (Phi) is 4.70. The van der Waals surface area contributed by atoms with E-state index in [0.717, 1.165) is 18.4 Å². The Bertz CT molecular complexity index is 824. The number of nitrogens with zero attached hydrogens (tertiary/aromatic N) is 1. The second kappa shape index (κ2) is 7.16. The predicted octanol–water partition coefficient (Wildman–Crippen LogP) is 2.22. The lowest BCUT2D eigenvalue weighted by Gasteiger charge is -2.54. The molecule has 1 heterocycles. The maximum absolute atomic E-state index is 13.0. The number of hydrogen-bond acceptors (Lipinski definition) is 3. The summed E-state index contributed by atoms with van der Waals surface area (Å²) < 4.78 is 0. The van der Waals surface area contributed by atoms with Gasteiger partial charge in [-0.25, -0.2) is 0 Å². The molecular weight excluding hydrogens is 340 g/mol. The van der Waals surface area contributed by atoms with Crippen LogP contribution in [0.5, 0.6) is 0 Å². The monoisotopic (exact) mass is 364 g/mol. The van der Waals surface area contributed by atoms with Gasteiger partial charge in [-0.1, -0.05) is 48.5 Å². The van der Waals surface area contributed by atoms with Gasteiger partial charge in [-0.15, -0.1) is 0 Å². The lowest BCUT2D eigenvalue weighted by Crippen LogP contribution is -2.68. The highest BCUT2D eigenvalue weighted by Gasteiger charge is 2.65. The van der Waals surface area contributed by atoms with Gasteiger partial charge in [-0.05, 0) is 36.5 Å². The van der Waals surface area contributed by atoms with Crippen molar-refractivity contribution in [2.45, 2.75) is 24.9 Å². The van der Waals surface area contributed by atoms with Crippen LogP contribution < -0.4 is 5.32 Å². The molecule has 1 aliphatic heterocycles. The summed E-state index contributed by atoms with van der Waals surface area (Å²) in [4.78, 5) is 27.6. The average molecular weight is 364 g/mol. The number of likely N-dealkylation sites (tertiary alicyclic amines) is 1. The Morgan fingerprint density at radius 2 is 1.74 bits per heavy atom. The highest BCUT2D eigenvalue weighted by Crippen LogP contribution is 2.54. The van der Waals surface area contributed by atoms with Crippen LogP contribution in [0.2, 0.25) is 0 Å². The van der Waals surface area contributed by atoms with Gasteiger partial charge < -0.3 is 15.3 Å². The Morgan fingerprint density at radius 3 is 2.41 bits per heavy atom. The molecule has 140 valence electrons. The fraction of sp³-hybridized carbons (Fsp3) is 0.364. The largest absolute Gasteiger partial charge is 0.394 e. The summed E-state index contributed by atoms with van der Waals surface area (Å²) in [7, 11) is 0. The fourth-order valence-corrected chi connectivity index (χ4v) is 4.68. The van der Waals surface area contributed by atoms with Gasteiger partial charge >= 0.3 is 0 Å². The van der Waals surface area contributed by atoms with Crippen molar-refractivity contribution in [2.75, 3.05) is 13.2 Å². The minimum absolute atomic E-state index is 0.0862. The van der Waals surface area contributed by atoms with Crippen LogP contribution in [0.25, 0.3) is 0 Å². The van der Waals surface area contributed by atoms with E-state index in [1.165, 1.54) is 0 Å². The number of nitrogens with one attached hydrogen (secondary N) is 1. The van der Waals surface area contributed by atoms with Crippen LogP contribution in [-0.2, 0) is 11.3 Å². The number of amides is 2. The van der Waals surface area contributed by atoms with E-state index in [2.05, 4.69) is 5.32 Å². The first-order valence-corrected chi connectivity index (χ1v) is 9.46. The Hall–Kier alpha value is -2.66. The molecule has 2 aromatic carbocycles. The Labute approximate surface area is 159 Å². The number of hydrogen-bond donors (Lipinski definition) is 2. The third kappa shape index (κ3) is 2.92. The van der Waals surface area contributed by atoms with E-state index >= 15 is 0 Å². The Balaban J connectivity index is 1.51. The molecule has 3 atom stereocenters. The maximum Gasteiger partial charge on any atom is 0.254 e. The molecule has 0 aromatic heterocycles. The summed E-state index contributed by atoms with van der Waals surface area (Å²) in [5, 5.41) is 13.2. The zero-order valence-corrected chi connectivity index (χ0v) is 15.2. The molecular formula is C22H24N2O3. The Morgan fingerprint density at radius 1 is 1.07 bits per heavy atom. The van der Waals surface area contributed by atoms with Gasteiger partial charge in [0.1, 0.15) is 0 Å². The fourth-order valence-electron chi connectivity index (χ4n) is 4.68.